The normalized spacial score (nSPS) is 13.9. The zero-order valence-electron chi connectivity index (χ0n) is 7.41. The lowest BCUT2D eigenvalue weighted by Crippen LogP contribution is -2.25. The molecule has 4 heteroatoms. The number of anilines is 1. The molecule has 14 heavy (non-hydrogen) atoms. The highest BCUT2D eigenvalue weighted by molar-refractivity contribution is 5.95. The third-order valence-electron chi connectivity index (χ3n) is 1.95. The van der Waals surface area contributed by atoms with Crippen molar-refractivity contribution in [1.29, 1.82) is 0 Å². The Morgan fingerprint density at radius 3 is 3.07 bits per heavy atom. The summed E-state index contributed by atoms with van der Waals surface area (Å²) >= 11 is 0. The number of carbonyl (C=O) groups excluding carboxylic acids is 1. The first-order chi connectivity index (χ1) is 6.66. The number of carbonyl (C=O) groups is 1. The highest BCUT2D eigenvalue weighted by Crippen LogP contribution is 2.29. The average Bonchev–Trinajstić information content (AvgIpc) is 2.16. The molecule has 0 aliphatic carbocycles. The quantitative estimate of drug-likeness (QED) is 0.662. The number of nitrogens with one attached hydrogen (secondary N) is 1. The molecule has 0 atom stereocenters. The summed E-state index contributed by atoms with van der Waals surface area (Å²) in [6.45, 7) is 3.43. The predicted octanol–water partition coefficient (Wildman–Crippen LogP) is 1.55. The molecule has 1 amide bonds. The van der Waals surface area contributed by atoms with Gasteiger partial charge in [-0.15, -0.1) is 0 Å². The summed E-state index contributed by atoms with van der Waals surface area (Å²) in [6.07, 6.45) is 0. The van der Waals surface area contributed by atoms with Crippen LogP contribution in [-0.2, 0) is 4.79 Å². The van der Waals surface area contributed by atoms with Crippen LogP contribution in [0.15, 0.2) is 24.8 Å². The number of amides is 1. The van der Waals surface area contributed by atoms with Gasteiger partial charge in [0.15, 0.2) is 6.61 Å². The molecule has 2 rings (SSSR count). The highest BCUT2D eigenvalue weighted by Gasteiger charge is 2.16. The Bertz CT molecular complexity index is 412. The van der Waals surface area contributed by atoms with Gasteiger partial charge >= 0.3 is 0 Å². The summed E-state index contributed by atoms with van der Waals surface area (Å²) in [5.74, 6) is 0.375. The molecule has 1 aliphatic rings. The third-order valence-corrected chi connectivity index (χ3v) is 1.95. The first-order valence-corrected chi connectivity index (χ1v) is 4.12. The van der Waals surface area contributed by atoms with Crippen LogP contribution in [0.2, 0.25) is 0 Å². The van der Waals surface area contributed by atoms with E-state index in [-0.39, 0.29) is 18.3 Å². The fraction of sp³-hybridized carbons (Fsp3) is 0.100. The van der Waals surface area contributed by atoms with E-state index >= 15 is 0 Å². The van der Waals surface area contributed by atoms with Crippen molar-refractivity contribution in [3.63, 3.8) is 0 Å². The second kappa shape index (κ2) is 3.06. The van der Waals surface area contributed by atoms with Crippen LogP contribution in [0.4, 0.5) is 5.69 Å². The van der Waals surface area contributed by atoms with Gasteiger partial charge < -0.3 is 15.2 Å². The molecule has 0 radical (unpaired) electrons. The van der Waals surface area contributed by atoms with Gasteiger partial charge in [0.05, 0.1) is 5.69 Å². The van der Waals surface area contributed by atoms with Crippen molar-refractivity contribution in [3.05, 3.63) is 30.3 Å². The van der Waals surface area contributed by atoms with Crippen molar-refractivity contribution >= 4 is 17.4 Å². The molecule has 0 bridgehead atoms. The topological polar surface area (TPSA) is 58.6 Å². The van der Waals surface area contributed by atoms with Gasteiger partial charge in [0, 0.05) is 5.56 Å². The van der Waals surface area contributed by atoms with E-state index < -0.39 is 0 Å². The van der Waals surface area contributed by atoms with E-state index in [1.54, 1.807) is 18.2 Å². The molecule has 0 spiro atoms. The largest absolute Gasteiger partial charge is 0.508 e. The number of aliphatic hydroxyl groups excluding tert-OH is 1. The lowest BCUT2D eigenvalue weighted by Gasteiger charge is -2.18. The van der Waals surface area contributed by atoms with Gasteiger partial charge in [0.2, 0.25) is 0 Å². The Morgan fingerprint density at radius 1 is 1.57 bits per heavy atom. The van der Waals surface area contributed by atoms with Gasteiger partial charge in [-0.25, -0.2) is 0 Å². The van der Waals surface area contributed by atoms with Gasteiger partial charge in [0.25, 0.3) is 5.91 Å². The minimum absolute atomic E-state index is 0.0341. The molecule has 4 nitrogen and oxygen atoms in total. The van der Waals surface area contributed by atoms with Crippen LogP contribution in [0.3, 0.4) is 0 Å². The number of fused-ring (bicyclic) bond motifs is 1. The first-order valence-electron chi connectivity index (χ1n) is 4.12. The lowest BCUT2D eigenvalue weighted by molar-refractivity contribution is -0.118. The Balaban J connectivity index is 2.42. The van der Waals surface area contributed by atoms with Crippen LogP contribution in [0.1, 0.15) is 5.56 Å². The molecule has 1 aliphatic heterocycles. The van der Waals surface area contributed by atoms with Crippen molar-refractivity contribution in [2.45, 2.75) is 0 Å². The molecular weight excluding hydrogens is 182 g/mol. The van der Waals surface area contributed by atoms with Gasteiger partial charge in [-0.2, -0.15) is 0 Å². The van der Waals surface area contributed by atoms with Gasteiger partial charge in [-0.1, -0.05) is 6.58 Å². The van der Waals surface area contributed by atoms with Crippen LogP contribution in [-0.4, -0.2) is 17.6 Å². The van der Waals surface area contributed by atoms with E-state index in [9.17, 15) is 4.79 Å². The SMILES string of the molecule is C=C(O)c1ccc2c(c1)NC(=O)CO2. The number of benzene rings is 1. The van der Waals surface area contributed by atoms with Crippen molar-refractivity contribution in [2.75, 3.05) is 11.9 Å². The van der Waals surface area contributed by atoms with Crippen molar-refractivity contribution < 1.29 is 14.6 Å². The monoisotopic (exact) mass is 191 g/mol. The summed E-state index contributed by atoms with van der Waals surface area (Å²) in [5.41, 5.74) is 1.13. The summed E-state index contributed by atoms with van der Waals surface area (Å²) in [5, 5.41) is 11.8. The maximum Gasteiger partial charge on any atom is 0.262 e. The van der Waals surface area contributed by atoms with Crippen LogP contribution >= 0.6 is 0 Å². The van der Waals surface area contributed by atoms with E-state index in [4.69, 9.17) is 9.84 Å². The van der Waals surface area contributed by atoms with Crippen LogP contribution in [0.5, 0.6) is 5.75 Å². The number of rotatable bonds is 1. The Hall–Kier alpha value is -1.97. The maximum absolute atomic E-state index is 11.0. The fourth-order valence-corrected chi connectivity index (χ4v) is 1.26. The minimum Gasteiger partial charge on any atom is -0.508 e. The van der Waals surface area contributed by atoms with Crippen LogP contribution in [0.25, 0.3) is 5.76 Å². The second-order valence-corrected chi connectivity index (χ2v) is 2.99. The van der Waals surface area contributed by atoms with E-state index in [0.29, 0.717) is 17.0 Å². The highest BCUT2D eigenvalue weighted by atomic mass is 16.5. The van der Waals surface area contributed by atoms with E-state index in [1.165, 1.54) is 0 Å². The Morgan fingerprint density at radius 2 is 2.36 bits per heavy atom. The molecule has 72 valence electrons. The maximum atomic E-state index is 11.0. The summed E-state index contributed by atoms with van der Waals surface area (Å²) in [6, 6.07) is 4.98. The molecule has 0 aromatic heterocycles. The molecule has 1 aromatic carbocycles. The van der Waals surface area contributed by atoms with Crippen molar-refractivity contribution in [2.24, 2.45) is 0 Å². The van der Waals surface area contributed by atoms with Crippen LogP contribution < -0.4 is 10.1 Å². The lowest BCUT2D eigenvalue weighted by atomic mass is 10.1. The van der Waals surface area contributed by atoms with Crippen molar-refractivity contribution in [3.8, 4) is 5.75 Å². The molecular formula is C10H9NO3. The summed E-state index contributed by atoms with van der Waals surface area (Å²) in [7, 11) is 0. The summed E-state index contributed by atoms with van der Waals surface area (Å²) < 4.78 is 5.15. The molecule has 1 heterocycles. The zero-order chi connectivity index (χ0) is 10.1. The predicted molar refractivity (Wildman–Crippen MR) is 52.2 cm³/mol. The number of ether oxygens (including phenoxy) is 1. The summed E-state index contributed by atoms with van der Waals surface area (Å²) in [4.78, 5) is 11.0. The third kappa shape index (κ3) is 1.42. The molecule has 1 aromatic rings. The minimum atomic E-state index is -0.196. The number of hydrogen-bond acceptors (Lipinski definition) is 3. The van der Waals surface area contributed by atoms with Gasteiger partial charge in [-0.05, 0) is 18.2 Å². The van der Waals surface area contributed by atoms with Gasteiger partial charge in [0.1, 0.15) is 11.5 Å². The molecule has 0 saturated heterocycles. The Labute approximate surface area is 80.8 Å². The van der Waals surface area contributed by atoms with E-state index in [1.807, 2.05) is 0 Å². The molecule has 0 fully saturated rings. The number of aliphatic hydroxyl groups is 1. The molecule has 0 saturated carbocycles. The number of hydrogen-bond donors (Lipinski definition) is 2. The average molecular weight is 191 g/mol. The van der Waals surface area contributed by atoms with E-state index in [2.05, 4.69) is 11.9 Å². The van der Waals surface area contributed by atoms with Crippen LogP contribution in [0, 0.1) is 0 Å². The second-order valence-electron chi connectivity index (χ2n) is 2.99. The standard InChI is InChI=1S/C10H9NO3/c1-6(12)7-2-3-9-8(4-7)11-10(13)5-14-9/h2-4,12H,1,5H2,(H,11,13). The molecule has 2 N–H and O–H groups in total. The van der Waals surface area contributed by atoms with E-state index in [0.717, 1.165) is 0 Å². The van der Waals surface area contributed by atoms with Crippen molar-refractivity contribution in [1.82, 2.24) is 0 Å². The van der Waals surface area contributed by atoms with Gasteiger partial charge in [-0.3, -0.25) is 4.79 Å². The first kappa shape index (κ1) is 8.62. The Kier molecular flexibility index (Phi) is 1.89. The zero-order valence-corrected chi connectivity index (χ0v) is 7.41. The molecule has 0 unspecified atom stereocenters. The fourth-order valence-electron chi connectivity index (χ4n) is 1.26. The smallest absolute Gasteiger partial charge is 0.262 e.